The maximum Gasteiger partial charge on any atom is 0.356 e. The molecule has 1 heterocycles. The minimum atomic E-state index is -1.07. The van der Waals surface area contributed by atoms with Crippen LogP contribution in [0.1, 0.15) is 24.3 Å². The average molecular weight is 239 g/mol. The zero-order valence-electron chi connectivity index (χ0n) is 10.3. The van der Waals surface area contributed by atoms with Crippen molar-refractivity contribution >= 4 is 11.8 Å². The molecule has 0 spiro atoms. The maximum atomic E-state index is 10.6. The molecule has 6 nitrogen and oxygen atoms in total. The number of nitrogens with zero attached hydrogens (tertiary/aromatic N) is 3. The number of aromatic nitrogens is 2. The number of hydrogen-bond acceptors (Lipinski definition) is 5. The monoisotopic (exact) mass is 239 g/mol. The smallest absolute Gasteiger partial charge is 0.356 e. The third-order valence-corrected chi connectivity index (χ3v) is 2.14. The van der Waals surface area contributed by atoms with Crippen LogP contribution < -0.4 is 4.90 Å². The summed E-state index contributed by atoms with van der Waals surface area (Å²) in [6, 6.07) is 3.07. The minimum absolute atomic E-state index is 0.0550. The van der Waals surface area contributed by atoms with E-state index in [1.165, 1.54) is 6.07 Å². The molecule has 0 aromatic carbocycles. The first-order chi connectivity index (χ1) is 8.00. The van der Waals surface area contributed by atoms with Gasteiger partial charge in [0.15, 0.2) is 11.5 Å². The Morgan fingerprint density at radius 1 is 1.47 bits per heavy atom. The molecule has 0 aliphatic carbocycles. The second kappa shape index (κ2) is 6.15. The Hall–Kier alpha value is -1.69. The molecule has 1 rings (SSSR count). The summed E-state index contributed by atoms with van der Waals surface area (Å²) in [6.45, 7) is 5.22. The normalized spacial score (nSPS) is 10.6. The summed E-state index contributed by atoms with van der Waals surface area (Å²) in [5.41, 5.74) is -0.0550. The largest absolute Gasteiger partial charge is 0.476 e. The Kier molecular flexibility index (Phi) is 4.84. The predicted molar refractivity (Wildman–Crippen MR) is 63.3 cm³/mol. The Morgan fingerprint density at radius 2 is 2.18 bits per heavy atom. The summed E-state index contributed by atoms with van der Waals surface area (Å²) in [6.07, 6.45) is 0.198. The van der Waals surface area contributed by atoms with Crippen LogP contribution in [0.4, 0.5) is 5.82 Å². The number of likely N-dealkylation sites (N-methyl/N-ethyl adjacent to an activating group) is 1. The molecule has 94 valence electrons. The van der Waals surface area contributed by atoms with Crippen molar-refractivity contribution in [1.29, 1.82) is 0 Å². The summed E-state index contributed by atoms with van der Waals surface area (Å²) < 4.78 is 5.41. The second-order valence-corrected chi connectivity index (χ2v) is 3.92. The number of rotatable bonds is 6. The number of ether oxygens (including phenoxy) is 1. The van der Waals surface area contributed by atoms with Gasteiger partial charge in [-0.1, -0.05) is 0 Å². The van der Waals surface area contributed by atoms with E-state index in [1.54, 1.807) is 6.07 Å². The van der Waals surface area contributed by atoms with Crippen LogP contribution in [0.3, 0.4) is 0 Å². The van der Waals surface area contributed by atoms with Gasteiger partial charge in [0, 0.05) is 13.6 Å². The molecule has 0 amide bonds. The third kappa shape index (κ3) is 4.36. The van der Waals surface area contributed by atoms with Gasteiger partial charge in [-0.3, -0.25) is 0 Å². The maximum absolute atomic E-state index is 10.6. The molecular weight excluding hydrogens is 222 g/mol. The lowest BCUT2D eigenvalue weighted by atomic mass is 10.4. The Bertz CT molecular complexity index is 365. The van der Waals surface area contributed by atoms with Crippen molar-refractivity contribution in [2.24, 2.45) is 0 Å². The van der Waals surface area contributed by atoms with E-state index in [4.69, 9.17) is 9.84 Å². The van der Waals surface area contributed by atoms with Gasteiger partial charge in [-0.25, -0.2) is 4.79 Å². The van der Waals surface area contributed by atoms with Crippen LogP contribution in [0, 0.1) is 0 Å². The highest BCUT2D eigenvalue weighted by molar-refractivity contribution is 5.85. The van der Waals surface area contributed by atoms with E-state index in [-0.39, 0.29) is 11.8 Å². The summed E-state index contributed by atoms with van der Waals surface area (Å²) in [7, 11) is 1.86. The molecule has 0 radical (unpaired) electrons. The van der Waals surface area contributed by atoms with Crippen molar-refractivity contribution in [3.05, 3.63) is 17.8 Å². The number of hydrogen-bond donors (Lipinski definition) is 1. The Balaban J connectivity index is 2.51. The van der Waals surface area contributed by atoms with Gasteiger partial charge in [0.25, 0.3) is 0 Å². The van der Waals surface area contributed by atoms with Gasteiger partial charge in [0.1, 0.15) is 0 Å². The van der Waals surface area contributed by atoms with Gasteiger partial charge in [-0.2, -0.15) is 0 Å². The van der Waals surface area contributed by atoms with Gasteiger partial charge in [-0.15, -0.1) is 10.2 Å². The lowest BCUT2D eigenvalue weighted by molar-refractivity contribution is 0.0689. The fourth-order valence-electron chi connectivity index (χ4n) is 1.18. The zero-order chi connectivity index (χ0) is 12.8. The molecule has 0 saturated heterocycles. The van der Waals surface area contributed by atoms with E-state index >= 15 is 0 Å². The molecular formula is C11H17N3O3. The van der Waals surface area contributed by atoms with Crippen molar-refractivity contribution in [3.8, 4) is 0 Å². The zero-order valence-corrected chi connectivity index (χ0v) is 10.3. The average Bonchev–Trinajstić information content (AvgIpc) is 2.28. The fraction of sp³-hybridized carbons (Fsp3) is 0.545. The van der Waals surface area contributed by atoms with E-state index in [0.29, 0.717) is 19.0 Å². The molecule has 0 bridgehead atoms. The third-order valence-electron chi connectivity index (χ3n) is 2.14. The number of aromatic carboxylic acids is 1. The van der Waals surface area contributed by atoms with E-state index in [1.807, 2.05) is 25.8 Å². The molecule has 0 atom stereocenters. The van der Waals surface area contributed by atoms with Gasteiger partial charge >= 0.3 is 5.97 Å². The van der Waals surface area contributed by atoms with Crippen LogP contribution in [0.5, 0.6) is 0 Å². The van der Waals surface area contributed by atoms with Gasteiger partial charge in [-0.05, 0) is 26.0 Å². The lowest BCUT2D eigenvalue weighted by Crippen LogP contribution is -2.25. The SMILES string of the molecule is CC(C)OCCN(C)c1ccc(C(=O)O)nn1. The van der Waals surface area contributed by atoms with Gasteiger partial charge in [0.2, 0.25) is 0 Å². The molecule has 0 aliphatic heterocycles. The van der Waals surface area contributed by atoms with E-state index in [0.717, 1.165) is 0 Å². The predicted octanol–water partition coefficient (Wildman–Crippen LogP) is 1.04. The van der Waals surface area contributed by atoms with Crippen LogP contribution in [0.2, 0.25) is 0 Å². The molecule has 0 aliphatic rings. The first-order valence-corrected chi connectivity index (χ1v) is 5.40. The highest BCUT2D eigenvalue weighted by Crippen LogP contribution is 2.07. The van der Waals surface area contributed by atoms with Crippen LogP contribution in [0.15, 0.2) is 12.1 Å². The number of carboxylic acid groups (broad SMARTS) is 1. The Morgan fingerprint density at radius 3 is 2.65 bits per heavy atom. The lowest BCUT2D eigenvalue weighted by Gasteiger charge is -2.18. The molecule has 6 heteroatoms. The molecule has 1 aromatic heterocycles. The summed E-state index contributed by atoms with van der Waals surface area (Å²) in [5, 5.41) is 16.1. The summed E-state index contributed by atoms with van der Waals surface area (Å²) in [4.78, 5) is 12.5. The van der Waals surface area contributed by atoms with Crippen molar-refractivity contribution < 1.29 is 14.6 Å². The van der Waals surface area contributed by atoms with Crippen molar-refractivity contribution in [3.63, 3.8) is 0 Å². The molecule has 0 unspecified atom stereocenters. The first-order valence-electron chi connectivity index (χ1n) is 5.40. The van der Waals surface area contributed by atoms with Crippen molar-refractivity contribution in [2.45, 2.75) is 20.0 Å². The molecule has 0 fully saturated rings. The molecule has 0 saturated carbocycles. The van der Waals surface area contributed by atoms with Gasteiger partial charge < -0.3 is 14.7 Å². The number of anilines is 1. The van der Waals surface area contributed by atoms with Crippen LogP contribution in [-0.2, 0) is 4.74 Å². The van der Waals surface area contributed by atoms with E-state index < -0.39 is 5.97 Å². The van der Waals surface area contributed by atoms with Crippen LogP contribution in [0.25, 0.3) is 0 Å². The van der Waals surface area contributed by atoms with Crippen LogP contribution in [-0.4, -0.2) is 47.6 Å². The molecule has 17 heavy (non-hydrogen) atoms. The second-order valence-electron chi connectivity index (χ2n) is 3.92. The van der Waals surface area contributed by atoms with E-state index in [9.17, 15) is 4.79 Å². The van der Waals surface area contributed by atoms with Crippen molar-refractivity contribution in [1.82, 2.24) is 10.2 Å². The van der Waals surface area contributed by atoms with Gasteiger partial charge in [0.05, 0.1) is 12.7 Å². The highest BCUT2D eigenvalue weighted by atomic mass is 16.5. The molecule has 1 aromatic rings. The standard InChI is InChI=1S/C11H17N3O3/c1-8(2)17-7-6-14(3)10-5-4-9(11(15)16)12-13-10/h4-5,8H,6-7H2,1-3H3,(H,15,16). The van der Waals surface area contributed by atoms with E-state index in [2.05, 4.69) is 10.2 Å². The quantitative estimate of drug-likeness (QED) is 0.799. The highest BCUT2D eigenvalue weighted by Gasteiger charge is 2.07. The first kappa shape index (κ1) is 13.4. The minimum Gasteiger partial charge on any atom is -0.476 e. The fourth-order valence-corrected chi connectivity index (χ4v) is 1.18. The molecule has 1 N–H and O–H groups in total. The Labute approximate surface area is 100 Å². The number of carbonyl (C=O) groups is 1. The van der Waals surface area contributed by atoms with Crippen molar-refractivity contribution in [2.75, 3.05) is 25.1 Å². The number of carboxylic acids is 1. The van der Waals surface area contributed by atoms with Crippen LogP contribution >= 0.6 is 0 Å². The summed E-state index contributed by atoms with van der Waals surface area (Å²) >= 11 is 0. The topological polar surface area (TPSA) is 75.5 Å². The summed E-state index contributed by atoms with van der Waals surface area (Å²) in [5.74, 6) is -0.447.